The number of nitrogens with zero attached hydrogens (tertiary/aromatic N) is 1. The molecule has 5 nitrogen and oxygen atoms in total. The van der Waals surface area contributed by atoms with E-state index in [0.29, 0.717) is 5.56 Å². The van der Waals surface area contributed by atoms with E-state index in [9.17, 15) is 18.8 Å². The van der Waals surface area contributed by atoms with Crippen LogP contribution in [0.2, 0.25) is 0 Å². The zero-order valence-electron chi connectivity index (χ0n) is 12.8. The van der Waals surface area contributed by atoms with E-state index in [4.69, 9.17) is 5.11 Å². The minimum absolute atomic E-state index is 0.129. The van der Waals surface area contributed by atoms with Crippen molar-refractivity contribution in [2.75, 3.05) is 0 Å². The molecule has 3 rings (SSSR count). The topological polar surface area (TPSA) is 74.7 Å². The highest BCUT2D eigenvalue weighted by molar-refractivity contribution is 8.18. The molecule has 25 heavy (non-hydrogen) atoms. The van der Waals surface area contributed by atoms with Gasteiger partial charge >= 0.3 is 5.97 Å². The number of carboxylic acid groups (broad SMARTS) is 1. The van der Waals surface area contributed by atoms with Gasteiger partial charge in [0.25, 0.3) is 11.1 Å². The summed E-state index contributed by atoms with van der Waals surface area (Å²) in [5.74, 6) is -2.02. The molecule has 0 unspecified atom stereocenters. The Hall–Kier alpha value is -2.93. The number of imide groups is 1. The van der Waals surface area contributed by atoms with Crippen LogP contribution in [0.25, 0.3) is 6.08 Å². The van der Waals surface area contributed by atoms with Gasteiger partial charge in [-0.15, -0.1) is 0 Å². The van der Waals surface area contributed by atoms with Crippen molar-refractivity contribution in [3.63, 3.8) is 0 Å². The molecular formula is C18H12FNO4S. The molecule has 1 aliphatic heterocycles. The summed E-state index contributed by atoms with van der Waals surface area (Å²) in [6.45, 7) is -0.132. The number of amides is 2. The quantitative estimate of drug-likeness (QED) is 0.844. The molecule has 1 N–H and O–H groups in total. The van der Waals surface area contributed by atoms with Crippen LogP contribution < -0.4 is 0 Å². The summed E-state index contributed by atoms with van der Waals surface area (Å²) in [4.78, 5) is 36.5. The Labute approximate surface area is 146 Å². The molecule has 0 saturated carbocycles. The van der Waals surface area contributed by atoms with Crippen LogP contribution in [0.5, 0.6) is 0 Å². The molecule has 126 valence electrons. The maximum atomic E-state index is 13.7. The van der Waals surface area contributed by atoms with Crippen LogP contribution in [0.1, 0.15) is 21.5 Å². The average Bonchev–Trinajstić information content (AvgIpc) is 2.85. The standard InChI is InChI=1S/C18H12FNO4S/c19-14-4-2-1-3-13(14)10-20-16(21)15(25-18(20)24)9-11-5-7-12(8-6-11)17(22)23/h1-9H,10H2,(H,22,23)/b15-9-. The molecule has 7 heteroatoms. The number of halogens is 1. The summed E-state index contributed by atoms with van der Waals surface area (Å²) in [5.41, 5.74) is 0.989. The largest absolute Gasteiger partial charge is 0.478 e. The lowest BCUT2D eigenvalue weighted by atomic mass is 10.1. The Morgan fingerprint density at radius 2 is 1.80 bits per heavy atom. The first-order valence-electron chi connectivity index (χ1n) is 7.28. The molecule has 2 amide bonds. The lowest BCUT2D eigenvalue weighted by Crippen LogP contribution is -2.27. The first kappa shape index (κ1) is 16.9. The van der Waals surface area contributed by atoms with Crippen molar-refractivity contribution < 1.29 is 23.9 Å². The molecule has 2 aromatic rings. The van der Waals surface area contributed by atoms with Gasteiger partial charge < -0.3 is 5.11 Å². The van der Waals surface area contributed by atoms with E-state index in [0.717, 1.165) is 16.7 Å². The normalized spacial score (nSPS) is 15.9. The van der Waals surface area contributed by atoms with E-state index in [-0.39, 0.29) is 22.6 Å². The van der Waals surface area contributed by atoms with Crippen LogP contribution in [-0.2, 0) is 11.3 Å². The van der Waals surface area contributed by atoms with Crippen LogP contribution >= 0.6 is 11.8 Å². The summed E-state index contributed by atoms with van der Waals surface area (Å²) >= 11 is 0.772. The van der Waals surface area contributed by atoms with Crippen molar-refractivity contribution >= 4 is 35.0 Å². The van der Waals surface area contributed by atoms with Gasteiger partial charge in [-0.3, -0.25) is 14.5 Å². The number of thioether (sulfide) groups is 1. The van der Waals surface area contributed by atoms with Crippen LogP contribution in [0.15, 0.2) is 53.4 Å². The van der Waals surface area contributed by atoms with Gasteiger partial charge in [0.05, 0.1) is 17.0 Å². The second-order valence-corrected chi connectivity index (χ2v) is 6.28. The van der Waals surface area contributed by atoms with Gasteiger partial charge in [-0.25, -0.2) is 9.18 Å². The molecule has 0 radical (unpaired) electrons. The van der Waals surface area contributed by atoms with Crippen molar-refractivity contribution in [3.05, 3.63) is 75.9 Å². The molecule has 2 aromatic carbocycles. The van der Waals surface area contributed by atoms with Crippen molar-refractivity contribution in [1.82, 2.24) is 4.90 Å². The zero-order valence-corrected chi connectivity index (χ0v) is 13.6. The van der Waals surface area contributed by atoms with Crippen molar-refractivity contribution in [2.24, 2.45) is 0 Å². The molecule has 0 atom stereocenters. The highest BCUT2D eigenvalue weighted by Gasteiger charge is 2.35. The monoisotopic (exact) mass is 357 g/mol. The van der Waals surface area contributed by atoms with E-state index in [1.165, 1.54) is 36.4 Å². The third-order valence-corrected chi connectivity index (χ3v) is 4.52. The fourth-order valence-corrected chi connectivity index (χ4v) is 3.14. The highest BCUT2D eigenvalue weighted by atomic mass is 32.2. The van der Waals surface area contributed by atoms with Gasteiger partial charge in [-0.1, -0.05) is 30.3 Å². The maximum absolute atomic E-state index is 13.7. The molecule has 0 bridgehead atoms. The third-order valence-electron chi connectivity index (χ3n) is 3.62. The first-order chi connectivity index (χ1) is 12.0. The van der Waals surface area contributed by atoms with E-state index < -0.39 is 22.9 Å². The van der Waals surface area contributed by atoms with Gasteiger partial charge in [0.15, 0.2) is 0 Å². The van der Waals surface area contributed by atoms with E-state index >= 15 is 0 Å². The minimum Gasteiger partial charge on any atom is -0.478 e. The Morgan fingerprint density at radius 3 is 2.44 bits per heavy atom. The molecule has 1 aliphatic rings. The number of aromatic carboxylic acids is 1. The van der Waals surface area contributed by atoms with Gasteiger partial charge in [0.2, 0.25) is 0 Å². The molecule has 0 aromatic heterocycles. The summed E-state index contributed by atoms with van der Waals surface area (Å²) in [6, 6.07) is 11.9. The van der Waals surface area contributed by atoms with E-state index in [1.54, 1.807) is 18.2 Å². The van der Waals surface area contributed by atoms with E-state index in [2.05, 4.69) is 0 Å². The molecule has 1 heterocycles. The highest BCUT2D eigenvalue weighted by Crippen LogP contribution is 2.33. The number of carbonyl (C=O) groups excluding carboxylic acids is 2. The molecular weight excluding hydrogens is 345 g/mol. The SMILES string of the molecule is O=C(O)c1ccc(/C=C2\SC(=O)N(Cc3ccccc3F)C2=O)cc1. The number of carboxylic acids is 1. The summed E-state index contributed by atoms with van der Waals surface area (Å²) in [7, 11) is 0. The minimum atomic E-state index is -1.04. The molecule has 1 fully saturated rings. The average molecular weight is 357 g/mol. The fourth-order valence-electron chi connectivity index (χ4n) is 2.31. The number of carbonyl (C=O) groups is 3. The van der Waals surface area contributed by atoms with Crippen LogP contribution in [0, 0.1) is 5.82 Å². The van der Waals surface area contributed by atoms with Crippen molar-refractivity contribution in [1.29, 1.82) is 0 Å². The summed E-state index contributed by atoms with van der Waals surface area (Å²) < 4.78 is 13.7. The lowest BCUT2D eigenvalue weighted by Gasteiger charge is -2.12. The summed E-state index contributed by atoms with van der Waals surface area (Å²) in [6.07, 6.45) is 1.51. The number of benzene rings is 2. The van der Waals surface area contributed by atoms with Gasteiger partial charge in [0, 0.05) is 5.56 Å². The third kappa shape index (κ3) is 3.61. The fraction of sp³-hybridized carbons (Fsp3) is 0.0556. The molecule has 0 aliphatic carbocycles. The van der Waals surface area contributed by atoms with E-state index in [1.807, 2.05) is 0 Å². The zero-order chi connectivity index (χ0) is 18.0. The maximum Gasteiger partial charge on any atom is 0.335 e. The lowest BCUT2D eigenvalue weighted by molar-refractivity contribution is -0.123. The van der Waals surface area contributed by atoms with Crippen molar-refractivity contribution in [3.8, 4) is 0 Å². The van der Waals surface area contributed by atoms with Crippen LogP contribution in [0.4, 0.5) is 9.18 Å². The number of rotatable bonds is 4. The second-order valence-electron chi connectivity index (χ2n) is 5.29. The number of hydrogen-bond acceptors (Lipinski definition) is 4. The van der Waals surface area contributed by atoms with Gasteiger partial charge in [0.1, 0.15) is 5.82 Å². The Morgan fingerprint density at radius 1 is 1.12 bits per heavy atom. The smallest absolute Gasteiger partial charge is 0.335 e. The predicted molar refractivity (Wildman–Crippen MR) is 91.3 cm³/mol. The number of hydrogen-bond donors (Lipinski definition) is 1. The Bertz CT molecular complexity index is 892. The second kappa shape index (κ2) is 6.90. The molecule has 1 saturated heterocycles. The van der Waals surface area contributed by atoms with Crippen LogP contribution in [-0.4, -0.2) is 27.1 Å². The van der Waals surface area contributed by atoms with Gasteiger partial charge in [-0.2, -0.15) is 0 Å². The predicted octanol–water partition coefficient (Wildman–Crippen LogP) is 3.76. The van der Waals surface area contributed by atoms with Crippen molar-refractivity contribution in [2.45, 2.75) is 6.54 Å². The van der Waals surface area contributed by atoms with Crippen LogP contribution in [0.3, 0.4) is 0 Å². The summed E-state index contributed by atoms with van der Waals surface area (Å²) in [5, 5.41) is 8.41. The Kier molecular flexibility index (Phi) is 4.67. The Balaban J connectivity index is 1.81. The first-order valence-corrected chi connectivity index (χ1v) is 8.09. The van der Waals surface area contributed by atoms with Gasteiger partial charge in [-0.05, 0) is 41.6 Å². The molecule has 0 spiro atoms.